The lowest BCUT2D eigenvalue weighted by atomic mass is 9.99. The minimum absolute atomic E-state index is 0.164. The van der Waals surface area contributed by atoms with Crippen LogP contribution < -0.4 is 5.73 Å². The Morgan fingerprint density at radius 3 is 1.95 bits per heavy atom. The van der Waals surface area contributed by atoms with Crippen molar-refractivity contribution in [3.05, 3.63) is 35.4 Å². The maximum atomic E-state index is 12.5. The van der Waals surface area contributed by atoms with Crippen LogP contribution in [0, 0.1) is 0 Å². The first kappa shape index (κ1) is 18.0. The topological polar surface area (TPSA) is 26.0 Å². The zero-order valence-corrected chi connectivity index (χ0v) is 12.8. The van der Waals surface area contributed by atoms with Gasteiger partial charge in [-0.15, -0.1) is 0 Å². The maximum Gasteiger partial charge on any atom is 0.416 e. The summed E-state index contributed by atoms with van der Waals surface area (Å²) in [6.07, 6.45) is 5.07. The molecule has 0 bridgehead atoms. The van der Waals surface area contributed by atoms with E-state index < -0.39 is 11.7 Å². The number of rotatable bonds is 9. The molecule has 1 nitrogen and oxygen atoms in total. The maximum absolute atomic E-state index is 12.5. The van der Waals surface area contributed by atoms with Crippen LogP contribution in [-0.2, 0) is 6.18 Å². The summed E-state index contributed by atoms with van der Waals surface area (Å²) in [6, 6.07) is 5.05. The second-order valence-corrected chi connectivity index (χ2v) is 5.64. The van der Waals surface area contributed by atoms with Crippen LogP contribution in [0.1, 0.15) is 75.5 Å². The van der Waals surface area contributed by atoms with Crippen LogP contribution in [0.25, 0.3) is 0 Å². The van der Waals surface area contributed by atoms with Crippen molar-refractivity contribution in [1.82, 2.24) is 0 Å². The SMILES string of the molecule is CCCCCCCCCC(N)c1ccc(C(F)(F)F)cc1. The highest BCUT2D eigenvalue weighted by atomic mass is 19.4. The fourth-order valence-corrected chi connectivity index (χ4v) is 2.41. The second-order valence-electron chi connectivity index (χ2n) is 5.64. The Morgan fingerprint density at radius 1 is 0.905 bits per heavy atom. The van der Waals surface area contributed by atoms with Crippen LogP contribution in [-0.4, -0.2) is 0 Å². The summed E-state index contributed by atoms with van der Waals surface area (Å²) in [5.74, 6) is 0. The van der Waals surface area contributed by atoms with Crippen LogP contribution in [0.2, 0.25) is 0 Å². The lowest BCUT2D eigenvalue weighted by Gasteiger charge is -2.13. The minimum Gasteiger partial charge on any atom is -0.324 e. The molecule has 4 heteroatoms. The molecule has 0 saturated heterocycles. The van der Waals surface area contributed by atoms with E-state index in [-0.39, 0.29) is 6.04 Å². The largest absolute Gasteiger partial charge is 0.416 e. The Balaban J connectivity index is 2.27. The van der Waals surface area contributed by atoms with Crippen molar-refractivity contribution in [2.45, 2.75) is 70.5 Å². The summed E-state index contributed by atoms with van der Waals surface area (Å²) in [5, 5.41) is 0. The summed E-state index contributed by atoms with van der Waals surface area (Å²) in [7, 11) is 0. The molecular weight excluding hydrogens is 275 g/mol. The van der Waals surface area contributed by atoms with Crippen molar-refractivity contribution in [2.24, 2.45) is 5.73 Å². The highest BCUT2D eigenvalue weighted by molar-refractivity contribution is 5.26. The van der Waals surface area contributed by atoms with E-state index in [0.29, 0.717) is 0 Å². The molecule has 0 fully saturated rings. The quantitative estimate of drug-likeness (QED) is 0.569. The molecule has 21 heavy (non-hydrogen) atoms. The third kappa shape index (κ3) is 6.98. The average Bonchev–Trinajstić information content (AvgIpc) is 2.45. The van der Waals surface area contributed by atoms with Crippen LogP contribution in [0.3, 0.4) is 0 Å². The van der Waals surface area contributed by atoms with Gasteiger partial charge in [-0.25, -0.2) is 0 Å². The first-order chi connectivity index (χ1) is 9.95. The van der Waals surface area contributed by atoms with Crippen molar-refractivity contribution >= 4 is 0 Å². The normalized spacial score (nSPS) is 13.4. The molecule has 1 aromatic rings. The number of alkyl halides is 3. The molecule has 2 N–H and O–H groups in total. The Bertz CT molecular complexity index is 384. The van der Waals surface area contributed by atoms with Crippen molar-refractivity contribution in [1.29, 1.82) is 0 Å². The van der Waals surface area contributed by atoms with Gasteiger partial charge in [0, 0.05) is 6.04 Å². The van der Waals surface area contributed by atoms with Gasteiger partial charge in [-0.3, -0.25) is 0 Å². The van der Waals surface area contributed by atoms with Gasteiger partial charge in [-0.2, -0.15) is 13.2 Å². The highest BCUT2D eigenvalue weighted by Crippen LogP contribution is 2.30. The standard InChI is InChI=1S/C17H26F3N/c1-2-3-4-5-6-7-8-9-16(21)14-10-12-15(13-11-14)17(18,19)20/h10-13,16H,2-9,21H2,1H3. The first-order valence-corrected chi connectivity index (χ1v) is 7.88. The van der Waals surface area contributed by atoms with E-state index in [2.05, 4.69) is 6.92 Å². The zero-order chi connectivity index (χ0) is 15.7. The van der Waals surface area contributed by atoms with Gasteiger partial charge in [0.25, 0.3) is 0 Å². The molecule has 120 valence electrons. The molecule has 0 saturated carbocycles. The van der Waals surface area contributed by atoms with Crippen LogP contribution in [0.5, 0.6) is 0 Å². The van der Waals surface area contributed by atoms with Gasteiger partial charge in [0.1, 0.15) is 0 Å². The lowest BCUT2D eigenvalue weighted by Crippen LogP contribution is -2.11. The fraction of sp³-hybridized carbons (Fsp3) is 0.647. The molecule has 0 heterocycles. The highest BCUT2D eigenvalue weighted by Gasteiger charge is 2.30. The monoisotopic (exact) mass is 301 g/mol. The molecule has 1 aromatic carbocycles. The van der Waals surface area contributed by atoms with E-state index in [1.54, 1.807) is 0 Å². The Hall–Kier alpha value is -1.03. The van der Waals surface area contributed by atoms with Gasteiger partial charge in [-0.05, 0) is 24.1 Å². The summed E-state index contributed by atoms with van der Waals surface area (Å²) in [6.45, 7) is 2.20. The Kier molecular flexibility index (Phi) is 7.79. The molecule has 1 unspecified atom stereocenters. The fourth-order valence-electron chi connectivity index (χ4n) is 2.41. The number of benzene rings is 1. The smallest absolute Gasteiger partial charge is 0.324 e. The molecule has 0 spiro atoms. The molecule has 0 amide bonds. The summed E-state index contributed by atoms with van der Waals surface area (Å²) >= 11 is 0. The van der Waals surface area contributed by atoms with Gasteiger partial charge < -0.3 is 5.73 Å². The first-order valence-electron chi connectivity index (χ1n) is 7.88. The van der Waals surface area contributed by atoms with Gasteiger partial charge in [0.2, 0.25) is 0 Å². The van der Waals surface area contributed by atoms with Crippen molar-refractivity contribution in [3.8, 4) is 0 Å². The third-order valence-electron chi connectivity index (χ3n) is 3.78. The molecular formula is C17H26F3N. The van der Waals surface area contributed by atoms with E-state index in [1.807, 2.05) is 0 Å². The zero-order valence-electron chi connectivity index (χ0n) is 12.8. The molecule has 0 aromatic heterocycles. The van der Waals surface area contributed by atoms with E-state index in [4.69, 9.17) is 5.73 Å². The average molecular weight is 301 g/mol. The van der Waals surface area contributed by atoms with Gasteiger partial charge in [-0.1, -0.05) is 64.0 Å². The molecule has 0 aliphatic carbocycles. The molecule has 1 atom stereocenters. The number of hydrogen-bond donors (Lipinski definition) is 1. The second kappa shape index (κ2) is 9.08. The van der Waals surface area contributed by atoms with Gasteiger partial charge in [0.05, 0.1) is 5.56 Å². The predicted octanol–water partition coefficient (Wildman–Crippen LogP) is 5.85. The number of unbranched alkanes of at least 4 members (excludes halogenated alkanes) is 6. The molecule has 0 aliphatic rings. The molecule has 1 rings (SSSR count). The third-order valence-corrected chi connectivity index (χ3v) is 3.78. The van der Waals surface area contributed by atoms with Crippen LogP contribution >= 0.6 is 0 Å². The molecule has 0 aliphatic heterocycles. The van der Waals surface area contributed by atoms with Gasteiger partial charge >= 0.3 is 6.18 Å². The Labute approximate surface area is 125 Å². The van der Waals surface area contributed by atoms with Crippen LogP contribution in [0.15, 0.2) is 24.3 Å². The number of nitrogens with two attached hydrogens (primary N) is 1. The Morgan fingerprint density at radius 2 is 1.43 bits per heavy atom. The van der Waals surface area contributed by atoms with E-state index >= 15 is 0 Å². The summed E-state index contributed by atoms with van der Waals surface area (Å²) in [5.41, 5.74) is 6.21. The van der Waals surface area contributed by atoms with Crippen molar-refractivity contribution < 1.29 is 13.2 Å². The lowest BCUT2D eigenvalue weighted by molar-refractivity contribution is -0.137. The molecule has 0 radical (unpaired) electrons. The summed E-state index contributed by atoms with van der Waals surface area (Å²) in [4.78, 5) is 0. The summed E-state index contributed by atoms with van der Waals surface area (Å²) < 4.78 is 37.4. The number of hydrogen-bond acceptors (Lipinski definition) is 1. The van der Waals surface area contributed by atoms with E-state index in [9.17, 15) is 13.2 Å². The predicted molar refractivity (Wildman–Crippen MR) is 81.0 cm³/mol. The minimum atomic E-state index is -4.28. The van der Waals surface area contributed by atoms with Crippen LogP contribution in [0.4, 0.5) is 13.2 Å². The van der Waals surface area contributed by atoms with E-state index in [0.717, 1.165) is 37.0 Å². The van der Waals surface area contributed by atoms with Gasteiger partial charge in [0.15, 0.2) is 0 Å². The van der Waals surface area contributed by atoms with E-state index in [1.165, 1.54) is 44.2 Å². The number of halogens is 3. The van der Waals surface area contributed by atoms with Crippen molar-refractivity contribution in [3.63, 3.8) is 0 Å². The van der Waals surface area contributed by atoms with Crippen molar-refractivity contribution in [2.75, 3.05) is 0 Å².